The van der Waals surface area contributed by atoms with Crippen LogP contribution in [0.15, 0.2) is 36.0 Å². The average molecular weight is 363 g/mol. The summed E-state index contributed by atoms with van der Waals surface area (Å²) in [4.78, 5) is 24.7. The molecule has 0 saturated carbocycles. The number of hydrogen-bond donors (Lipinski definition) is 0. The van der Waals surface area contributed by atoms with Gasteiger partial charge in [0.05, 0.1) is 19.1 Å². The summed E-state index contributed by atoms with van der Waals surface area (Å²) in [5.41, 5.74) is 0.489. The molecule has 0 radical (unpaired) electrons. The molecule has 1 aliphatic carbocycles. The Kier molecular flexibility index (Phi) is 12.2. The van der Waals surface area contributed by atoms with Gasteiger partial charge in [0.15, 0.2) is 0 Å². The third kappa shape index (κ3) is 9.02. The summed E-state index contributed by atoms with van der Waals surface area (Å²) >= 11 is 0. The molecule has 0 aromatic heterocycles. The maximum atomic E-state index is 12.4. The Morgan fingerprint density at radius 3 is 2.23 bits per heavy atom. The number of unbranched alkanes of at least 4 members (excludes halogenated alkanes) is 4. The third-order valence-electron chi connectivity index (χ3n) is 4.44. The minimum Gasteiger partial charge on any atom is -0.465 e. The summed E-state index contributed by atoms with van der Waals surface area (Å²) < 4.78 is 10.8. The number of rotatable bonds is 12. The fourth-order valence-electron chi connectivity index (χ4n) is 2.93. The lowest BCUT2D eigenvalue weighted by Gasteiger charge is -2.21. The number of ether oxygens (including phenoxy) is 2. The second-order valence-electron chi connectivity index (χ2n) is 6.58. The molecule has 26 heavy (non-hydrogen) atoms. The minimum absolute atomic E-state index is 0.285. The van der Waals surface area contributed by atoms with Gasteiger partial charge in [-0.05, 0) is 71.6 Å². The molecule has 4 nitrogen and oxygen atoms in total. The zero-order chi connectivity index (χ0) is 19.0. The molecular weight excluding hydrogens is 328 g/mol. The van der Waals surface area contributed by atoms with Crippen molar-refractivity contribution in [2.45, 2.75) is 71.6 Å². The van der Waals surface area contributed by atoms with E-state index >= 15 is 0 Å². The van der Waals surface area contributed by atoms with Crippen molar-refractivity contribution in [1.82, 2.24) is 0 Å². The number of hydrogen-bond acceptors (Lipinski definition) is 4. The predicted molar refractivity (Wildman–Crippen MR) is 105 cm³/mol. The fraction of sp³-hybridized carbons (Fsp3) is 0.636. The first kappa shape index (κ1) is 22.2. The smallest absolute Gasteiger partial charge is 0.334 e. The van der Waals surface area contributed by atoms with E-state index in [2.05, 4.69) is 12.2 Å². The van der Waals surface area contributed by atoms with Gasteiger partial charge in [0.25, 0.3) is 0 Å². The molecule has 0 heterocycles. The SMILES string of the molecule is C/C=C/CCCCOC(=O)C1=CCCCC1C(=O)OCCCC/C=C/C. The van der Waals surface area contributed by atoms with Crippen LogP contribution in [0.2, 0.25) is 0 Å². The molecule has 0 N–H and O–H groups in total. The topological polar surface area (TPSA) is 52.6 Å². The molecular formula is C22H34O4. The van der Waals surface area contributed by atoms with Crippen LogP contribution in [0.3, 0.4) is 0 Å². The van der Waals surface area contributed by atoms with E-state index < -0.39 is 5.92 Å². The largest absolute Gasteiger partial charge is 0.465 e. The van der Waals surface area contributed by atoms with Crippen LogP contribution in [0.4, 0.5) is 0 Å². The van der Waals surface area contributed by atoms with Gasteiger partial charge in [-0.25, -0.2) is 4.79 Å². The van der Waals surface area contributed by atoms with Gasteiger partial charge in [0, 0.05) is 5.57 Å². The molecule has 0 spiro atoms. The van der Waals surface area contributed by atoms with E-state index in [0.717, 1.165) is 51.4 Å². The molecule has 0 fully saturated rings. The van der Waals surface area contributed by atoms with E-state index in [0.29, 0.717) is 25.2 Å². The van der Waals surface area contributed by atoms with Crippen molar-refractivity contribution in [3.8, 4) is 0 Å². The highest BCUT2D eigenvalue weighted by molar-refractivity contribution is 5.95. The highest BCUT2D eigenvalue weighted by Crippen LogP contribution is 2.27. The average Bonchev–Trinajstić information content (AvgIpc) is 2.67. The maximum absolute atomic E-state index is 12.4. The highest BCUT2D eigenvalue weighted by atomic mass is 16.5. The number of carbonyl (C=O) groups is 2. The van der Waals surface area contributed by atoms with Crippen molar-refractivity contribution in [3.05, 3.63) is 36.0 Å². The molecule has 0 aromatic carbocycles. The summed E-state index contributed by atoms with van der Waals surface area (Å²) in [6, 6.07) is 0. The summed E-state index contributed by atoms with van der Waals surface area (Å²) in [6.45, 7) is 4.82. The van der Waals surface area contributed by atoms with Crippen LogP contribution in [0.5, 0.6) is 0 Å². The molecule has 1 rings (SSSR count). The lowest BCUT2D eigenvalue weighted by Crippen LogP contribution is -2.27. The van der Waals surface area contributed by atoms with Gasteiger partial charge < -0.3 is 9.47 Å². The number of carbonyl (C=O) groups excluding carboxylic acids is 2. The summed E-state index contributed by atoms with van der Waals surface area (Å²) in [6.07, 6.45) is 18.2. The Hall–Kier alpha value is -1.84. The predicted octanol–water partition coefficient (Wildman–Crippen LogP) is 5.29. The molecule has 1 atom stereocenters. The normalized spacial score (nSPS) is 17.5. The first-order valence-corrected chi connectivity index (χ1v) is 9.96. The van der Waals surface area contributed by atoms with E-state index in [4.69, 9.17) is 9.47 Å². The molecule has 4 heteroatoms. The van der Waals surface area contributed by atoms with Crippen LogP contribution in [0.1, 0.15) is 71.6 Å². The summed E-state index contributed by atoms with van der Waals surface area (Å²) in [7, 11) is 0. The standard InChI is InChI=1S/C22H34O4/c1-3-5-7-9-13-17-25-21(23)19-15-11-12-16-20(19)22(24)26-18-14-10-8-6-4-2/h3-6,15,20H,7-14,16-18H2,1-2H3/b5-3+,6-4+. The van der Waals surface area contributed by atoms with Crippen LogP contribution in [0.25, 0.3) is 0 Å². The maximum Gasteiger partial charge on any atom is 0.334 e. The third-order valence-corrected chi connectivity index (χ3v) is 4.44. The van der Waals surface area contributed by atoms with Crippen LogP contribution >= 0.6 is 0 Å². The van der Waals surface area contributed by atoms with Crippen LogP contribution in [-0.4, -0.2) is 25.2 Å². The number of allylic oxidation sites excluding steroid dienone is 5. The van der Waals surface area contributed by atoms with Crippen molar-refractivity contribution >= 4 is 11.9 Å². The van der Waals surface area contributed by atoms with Gasteiger partial charge in [-0.3, -0.25) is 4.79 Å². The highest BCUT2D eigenvalue weighted by Gasteiger charge is 2.31. The fourth-order valence-corrected chi connectivity index (χ4v) is 2.93. The lowest BCUT2D eigenvalue weighted by atomic mass is 9.87. The van der Waals surface area contributed by atoms with Gasteiger partial charge in [0.1, 0.15) is 0 Å². The molecule has 1 aliphatic rings. The molecule has 0 bridgehead atoms. The van der Waals surface area contributed by atoms with Gasteiger partial charge in [-0.2, -0.15) is 0 Å². The van der Waals surface area contributed by atoms with Crippen LogP contribution in [-0.2, 0) is 19.1 Å². The van der Waals surface area contributed by atoms with Crippen molar-refractivity contribution in [2.75, 3.05) is 13.2 Å². The molecule has 146 valence electrons. The van der Waals surface area contributed by atoms with E-state index in [1.54, 1.807) is 0 Å². The van der Waals surface area contributed by atoms with E-state index in [9.17, 15) is 9.59 Å². The first-order chi connectivity index (χ1) is 12.7. The number of esters is 2. The minimum atomic E-state index is -0.463. The molecule has 1 unspecified atom stereocenters. The van der Waals surface area contributed by atoms with E-state index in [-0.39, 0.29) is 11.9 Å². The van der Waals surface area contributed by atoms with Gasteiger partial charge in [0.2, 0.25) is 0 Å². The van der Waals surface area contributed by atoms with Crippen molar-refractivity contribution < 1.29 is 19.1 Å². The van der Waals surface area contributed by atoms with Crippen LogP contribution in [0, 0.1) is 5.92 Å². The van der Waals surface area contributed by atoms with Crippen molar-refractivity contribution in [3.63, 3.8) is 0 Å². The molecule has 0 aromatic rings. The summed E-state index contributed by atoms with van der Waals surface area (Å²) in [5, 5.41) is 0. The molecule has 0 saturated heterocycles. The first-order valence-electron chi connectivity index (χ1n) is 9.96. The molecule has 0 aliphatic heterocycles. The Morgan fingerprint density at radius 2 is 1.62 bits per heavy atom. The zero-order valence-corrected chi connectivity index (χ0v) is 16.4. The van der Waals surface area contributed by atoms with Crippen LogP contribution < -0.4 is 0 Å². The van der Waals surface area contributed by atoms with Crippen molar-refractivity contribution in [2.24, 2.45) is 5.92 Å². The Bertz CT molecular complexity index is 502. The van der Waals surface area contributed by atoms with Gasteiger partial charge in [-0.1, -0.05) is 30.4 Å². The van der Waals surface area contributed by atoms with E-state index in [1.807, 2.05) is 32.1 Å². The van der Waals surface area contributed by atoms with Crippen molar-refractivity contribution in [1.29, 1.82) is 0 Å². The monoisotopic (exact) mass is 362 g/mol. The zero-order valence-electron chi connectivity index (χ0n) is 16.4. The van der Waals surface area contributed by atoms with Gasteiger partial charge >= 0.3 is 11.9 Å². The lowest BCUT2D eigenvalue weighted by molar-refractivity contribution is -0.151. The Labute approximate surface area is 158 Å². The quantitative estimate of drug-likeness (QED) is 0.269. The second-order valence-corrected chi connectivity index (χ2v) is 6.58. The molecule has 0 amide bonds. The summed E-state index contributed by atoms with van der Waals surface area (Å²) in [5.74, 6) is -1.10. The Balaban J connectivity index is 2.36. The van der Waals surface area contributed by atoms with E-state index in [1.165, 1.54) is 0 Å². The second kappa shape index (κ2) is 14.3. The Morgan fingerprint density at radius 1 is 1.00 bits per heavy atom. The van der Waals surface area contributed by atoms with Gasteiger partial charge in [-0.15, -0.1) is 0 Å².